The number of rotatable bonds is 6. The van der Waals surface area contributed by atoms with Crippen molar-refractivity contribution in [3.05, 3.63) is 107 Å². The lowest BCUT2D eigenvalue weighted by Gasteiger charge is -2.29. The lowest BCUT2D eigenvalue weighted by atomic mass is 9.96. The van der Waals surface area contributed by atoms with E-state index in [1.807, 2.05) is 18.3 Å². The Balaban J connectivity index is 1.69. The van der Waals surface area contributed by atoms with Crippen LogP contribution in [0.25, 0.3) is 5.69 Å². The molecular formula is C31H35N5S. The number of benzene rings is 2. The number of hydrogen-bond acceptors (Lipinski definition) is 3. The topological polar surface area (TPSA) is 36.3 Å². The molecule has 1 aliphatic rings. The molecule has 0 saturated carbocycles. The monoisotopic (exact) mass is 509 g/mol. The SMILES string of the molecule is CCc1cccc(C)c1-n1c(C)cc([C@@H]2[C@H](c3ccccn3)NC(=S)N2c2ccc(N(C)C)cc2)c1C. The predicted molar refractivity (Wildman–Crippen MR) is 158 cm³/mol. The quantitative estimate of drug-likeness (QED) is 0.296. The van der Waals surface area contributed by atoms with Gasteiger partial charge in [0.25, 0.3) is 0 Å². The molecule has 3 heterocycles. The van der Waals surface area contributed by atoms with Gasteiger partial charge in [0.2, 0.25) is 0 Å². The van der Waals surface area contributed by atoms with Crippen molar-refractivity contribution >= 4 is 28.7 Å². The van der Waals surface area contributed by atoms with Gasteiger partial charge in [-0.1, -0.05) is 31.2 Å². The maximum absolute atomic E-state index is 5.97. The van der Waals surface area contributed by atoms with Crippen molar-refractivity contribution in [2.45, 2.75) is 46.2 Å². The molecule has 0 aliphatic carbocycles. The van der Waals surface area contributed by atoms with E-state index in [4.69, 9.17) is 17.2 Å². The van der Waals surface area contributed by atoms with Gasteiger partial charge in [-0.05, 0) is 98.6 Å². The molecule has 190 valence electrons. The largest absolute Gasteiger partial charge is 0.378 e. The number of thiocarbonyl (C=S) groups is 1. The number of aromatic nitrogens is 2. The van der Waals surface area contributed by atoms with Gasteiger partial charge in [-0.3, -0.25) is 4.98 Å². The van der Waals surface area contributed by atoms with Gasteiger partial charge in [0.1, 0.15) is 0 Å². The van der Waals surface area contributed by atoms with Crippen LogP contribution in [0.2, 0.25) is 0 Å². The summed E-state index contributed by atoms with van der Waals surface area (Å²) in [5.74, 6) is 0. The van der Waals surface area contributed by atoms with Crippen molar-refractivity contribution in [1.82, 2.24) is 14.9 Å². The van der Waals surface area contributed by atoms with Crippen LogP contribution in [0.3, 0.4) is 0 Å². The Morgan fingerprint density at radius 3 is 2.38 bits per heavy atom. The lowest BCUT2D eigenvalue weighted by molar-refractivity contribution is 0.565. The number of aryl methyl sites for hydroxylation is 3. The van der Waals surface area contributed by atoms with E-state index in [9.17, 15) is 0 Å². The van der Waals surface area contributed by atoms with E-state index in [2.05, 4.69) is 116 Å². The minimum Gasteiger partial charge on any atom is -0.378 e. The number of anilines is 2. The van der Waals surface area contributed by atoms with Crippen LogP contribution in [-0.2, 0) is 6.42 Å². The fourth-order valence-corrected chi connectivity index (χ4v) is 5.96. The van der Waals surface area contributed by atoms with E-state index in [0.29, 0.717) is 5.11 Å². The van der Waals surface area contributed by atoms with Gasteiger partial charge in [-0.2, -0.15) is 0 Å². The molecular weight excluding hydrogens is 474 g/mol. The number of nitrogens with one attached hydrogen (secondary N) is 1. The van der Waals surface area contributed by atoms with Crippen LogP contribution in [0.15, 0.2) is 72.9 Å². The average Bonchev–Trinajstić information content (AvgIpc) is 3.39. The van der Waals surface area contributed by atoms with E-state index in [0.717, 1.165) is 23.5 Å². The van der Waals surface area contributed by atoms with Crippen LogP contribution in [0.4, 0.5) is 11.4 Å². The third-order valence-electron chi connectivity index (χ3n) is 7.46. The minimum absolute atomic E-state index is 0.0401. The predicted octanol–water partition coefficient (Wildman–Crippen LogP) is 6.60. The molecule has 2 aromatic heterocycles. The first-order chi connectivity index (χ1) is 17.8. The summed E-state index contributed by atoms with van der Waals surface area (Å²) in [4.78, 5) is 9.11. The molecule has 1 aliphatic heterocycles. The van der Waals surface area contributed by atoms with Gasteiger partial charge in [0.05, 0.1) is 23.5 Å². The molecule has 5 rings (SSSR count). The van der Waals surface area contributed by atoms with Crippen LogP contribution in [0.1, 0.15) is 52.8 Å². The van der Waals surface area contributed by atoms with E-state index < -0.39 is 0 Å². The molecule has 0 radical (unpaired) electrons. The van der Waals surface area contributed by atoms with Crippen LogP contribution < -0.4 is 15.1 Å². The smallest absolute Gasteiger partial charge is 0.174 e. The van der Waals surface area contributed by atoms with Crippen LogP contribution in [0, 0.1) is 20.8 Å². The van der Waals surface area contributed by atoms with Gasteiger partial charge in [0.15, 0.2) is 5.11 Å². The summed E-state index contributed by atoms with van der Waals surface area (Å²) in [5, 5.41) is 4.33. The zero-order valence-electron chi connectivity index (χ0n) is 22.5. The van der Waals surface area contributed by atoms with Gasteiger partial charge >= 0.3 is 0 Å². The second-order valence-electron chi connectivity index (χ2n) is 10.0. The summed E-state index contributed by atoms with van der Waals surface area (Å²) in [6, 6.07) is 23.5. The maximum Gasteiger partial charge on any atom is 0.174 e. The van der Waals surface area contributed by atoms with Crippen molar-refractivity contribution in [1.29, 1.82) is 0 Å². The van der Waals surface area contributed by atoms with Crippen molar-refractivity contribution in [3.8, 4) is 5.69 Å². The average molecular weight is 510 g/mol. The fraction of sp³-hybridized carbons (Fsp3) is 0.290. The highest BCUT2D eigenvalue weighted by molar-refractivity contribution is 7.80. The van der Waals surface area contributed by atoms with Crippen LogP contribution >= 0.6 is 12.2 Å². The highest BCUT2D eigenvalue weighted by Gasteiger charge is 2.42. The second kappa shape index (κ2) is 10.0. The zero-order chi connectivity index (χ0) is 26.3. The summed E-state index contributed by atoms with van der Waals surface area (Å²) in [5.41, 5.74) is 10.8. The van der Waals surface area contributed by atoms with E-state index in [1.165, 1.54) is 33.8 Å². The van der Waals surface area contributed by atoms with Crippen molar-refractivity contribution < 1.29 is 0 Å². The number of pyridine rings is 1. The molecule has 2 atom stereocenters. The summed E-state index contributed by atoms with van der Waals surface area (Å²) in [7, 11) is 4.11. The molecule has 0 unspecified atom stereocenters. The Morgan fingerprint density at radius 1 is 0.973 bits per heavy atom. The highest BCUT2D eigenvalue weighted by Crippen LogP contribution is 2.44. The standard InChI is InChI=1S/C31H35N5S/c1-7-23-12-10-11-20(2)29(23)35-21(3)19-26(22(35)4)30-28(27-13-8-9-18-32-27)33-31(37)36(30)25-16-14-24(15-17-25)34(5)6/h8-19,28,30H,7H2,1-6H3,(H,33,37)/t28-,30+/m0/s1. The van der Waals surface area contributed by atoms with Crippen molar-refractivity contribution in [2.24, 2.45) is 0 Å². The molecule has 0 amide bonds. The molecule has 0 spiro atoms. The lowest BCUT2D eigenvalue weighted by Crippen LogP contribution is -2.29. The Bertz CT molecular complexity index is 1420. The number of nitrogens with zero attached hydrogens (tertiary/aromatic N) is 4. The Hall–Kier alpha value is -3.64. The van der Waals surface area contributed by atoms with Crippen LogP contribution in [-0.4, -0.2) is 28.8 Å². The molecule has 1 fully saturated rings. The first-order valence-electron chi connectivity index (χ1n) is 12.9. The normalized spacial score (nSPS) is 17.2. The third kappa shape index (κ3) is 4.40. The molecule has 1 saturated heterocycles. The number of hydrogen-bond donors (Lipinski definition) is 1. The van der Waals surface area contributed by atoms with E-state index >= 15 is 0 Å². The van der Waals surface area contributed by atoms with Crippen LogP contribution in [0.5, 0.6) is 0 Å². The molecule has 1 N–H and O–H groups in total. The molecule has 5 nitrogen and oxygen atoms in total. The van der Waals surface area contributed by atoms with Crippen molar-refractivity contribution in [2.75, 3.05) is 23.9 Å². The Kier molecular flexibility index (Phi) is 6.78. The van der Waals surface area contributed by atoms with Gasteiger partial charge in [0, 0.05) is 43.1 Å². The zero-order valence-corrected chi connectivity index (χ0v) is 23.3. The third-order valence-corrected chi connectivity index (χ3v) is 7.77. The molecule has 0 bridgehead atoms. The fourth-order valence-electron chi connectivity index (χ4n) is 5.62. The molecule has 4 aromatic rings. The maximum atomic E-state index is 5.97. The van der Waals surface area contributed by atoms with E-state index in [-0.39, 0.29) is 12.1 Å². The van der Waals surface area contributed by atoms with Gasteiger partial charge in [-0.15, -0.1) is 0 Å². The molecule has 37 heavy (non-hydrogen) atoms. The van der Waals surface area contributed by atoms with Gasteiger partial charge in [-0.25, -0.2) is 0 Å². The first kappa shape index (κ1) is 25.0. The summed E-state index contributed by atoms with van der Waals surface area (Å²) < 4.78 is 2.42. The number of para-hydroxylation sites is 1. The van der Waals surface area contributed by atoms with Crippen molar-refractivity contribution in [3.63, 3.8) is 0 Å². The summed E-state index contributed by atoms with van der Waals surface area (Å²) in [6.45, 7) is 8.87. The summed E-state index contributed by atoms with van der Waals surface area (Å²) >= 11 is 5.97. The minimum atomic E-state index is -0.0707. The molecule has 6 heteroatoms. The molecule has 2 aromatic carbocycles. The second-order valence-corrected chi connectivity index (χ2v) is 10.4. The first-order valence-corrected chi connectivity index (χ1v) is 13.3. The van der Waals surface area contributed by atoms with E-state index in [1.54, 1.807) is 0 Å². The highest BCUT2D eigenvalue weighted by atomic mass is 32.1. The summed E-state index contributed by atoms with van der Waals surface area (Å²) in [6.07, 6.45) is 2.84. The van der Waals surface area contributed by atoms with Gasteiger partial charge < -0.3 is 19.7 Å². The Morgan fingerprint density at radius 2 is 1.73 bits per heavy atom. The Labute approximate surface area is 225 Å².